The second kappa shape index (κ2) is 4.73. The maximum absolute atomic E-state index is 11.7. The van der Waals surface area contributed by atoms with Crippen LogP contribution in [0.1, 0.15) is 47.3 Å². The lowest BCUT2D eigenvalue weighted by Gasteiger charge is -2.27. The first-order valence-electron chi connectivity index (χ1n) is 6.83. The highest BCUT2D eigenvalue weighted by molar-refractivity contribution is 5.89. The van der Waals surface area contributed by atoms with Crippen molar-refractivity contribution in [2.45, 2.75) is 32.2 Å². The Hall–Kier alpha value is -1.35. The van der Waals surface area contributed by atoms with Gasteiger partial charge in [0.2, 0.25) is 0 Å². The van der Waals surface area contributed by atoms with E-state index >= 15 is 0 Å². The number of hydrogen-bond donors (Lipinski definition) is 1. The van der Waals surface area contributed by atoms with Gasteiger partial charge in [0.15, 0.2) is 0 Å². The Labute approximate surface area is 108 Å². The Morgan fingerprint density at radius 2 is 2.28 bits per heavy atom. The van der Waals surface area contributed by atoms with Crippen molar-refractivity contribution in [2.24, 2.45) is 5.92 Å². The molecule has 0 radical (unpaired) electrons. The van der Waals surface area contributed by atoms with E-state index in [0.29, 0.717) is 18.2 Å². The van der Waals surface area contributed by atoms with Gasteiger partial charge in [-0.15, -0.1) is 0 Å². The lowest BCUT2D eigenvalue weighted by atomic mass is 9.90. The first-order chi connectivity index (χ1) is 8.79. The monoisotopic (exact) mass is 245 g/mol. The van der Waals surface area contributed by atoms with Crippen LogP contribution in [0.5, 0.6) is 0 Å². The summed E-state index contributed by atoms with van der Waals surface area (Å²) in [5.74, 6) is 0.597. The van der Waals surface area contributed by atoms with Crippen LogP contribution in [0.15, 0.2) is 18.2 Å². The smallest absolute Gasteiger partial charge is 0.338 e. The number of carbonyl (C=O) groups excluding carboxylic acids is 1. The Balaban J connectivity index is 1.88. The van der Waals surface area contributed by atoms with Crippen molar-refractivity contribution in [1.29, 1.82) is 0 Å². The van der Waals surface area contributed by atoms with Gasteiger partial charge in [0.25, 0.3) is 0 Å². The molecule has 3 rings (SSSR count). The molecule has 3 nitrogen and oxygen atoms in total. The molecule has 18 heavy (non-hydrogen) atoms. The lowest BCUT2D eigenvalue weighted by molar-refractivity contribution is 0.0526. The molecule has 1 aromatic rings. The van der Waals surface area contributed by atoms with E-state index in [1.165, 1.54) is 24.0 Å². The molecule has 1 aliphatic heterocycles. The molecule has 1 saturated carbocycles. The summed E-state index contributed by atoms with van der Waals surface area (Å²) in [6.45, 7) is 3.28. The molecule has 0 spiro atoms. The van der Waals surface area contributed by atoms with Gasteiger partial charge in [-0.3, -0.25) is 0 Å². The van der Waals surface area contributed by atoms with Gasteiger partial charge in [-0.1, -0.05) is 6.07 Å². The quantitative estimate of drug-likeness (QED) is 0.831. The van der Waals surface area contributed by atoms with E-state index in [1.54, 1.807) is 0 Å². The fourth-order valence-corrected chi connectivity index (χ4v) is 2.79. The van der Waals surface area contributed by atoms with Crippen LogP contribution in [0.2, 0.25) is 0 Å². The van der Waals surface area contributed by atoms with Crippen LogP contribution in [0, 0.1) is 5.92 Å². The summed E-state index contributed by atoms with van der Waals surface area (Å²) in [5, 5.41) is 3.59. The predicted octanol–water partition coefficient (Wildman–Crippen LogP) is 2.46. The van der Waals surface area contributed by atoms with E-state index in [1.807, 2.05) is 19.1 Å². The topological polar surface area (TPSA) is 38.3 Å². The minimum atomic E-state index is -0.207. The molecule has 1 atom stereocenters. The van der Waals surface area contributed by atoms with Crippen molar-refractivity contribution in [3.63, 3.8) is 0 Å². The molecule has 1 aliphatic carbocycles. The number of hydrogen-bond acceptors (Lipinski definition) is 3. The number of ether oxygens (including phenoxy) is 1. The molecule has 0 bridgehead atoms. The molecule has 2 aliphatic rings. The predicted molar refractivity (Wildman–Crippen MR) is 69.6 cm³/mol. The van der Waals surface area contributed by atoms with Gasteiger partial charge in [-0.25, -0.2) is 4.79 Å². The second-order valence-electron chi connectivity index (χ2n) is 5.15. The number of rotatable bonds is 3. The number of nitrogens with one attached hydrogen (secondary N) is 1. The minimum Gasteiger partial charge on any atom is -0.462 e. The first kappa shape index (κ1) is 11.7. The minimum absolute atomic E-state index is 0.207. The Morgan fingerprint density at radius 3 is 3.00 bits per heavy atom. The van der Waals surface area contributed by atoms with Gasteiger partial charge >= 0.3 is 5.97 Å². The van der Waals surface area contributed by atoms with Crippen LogP contribution in [-0.4, -0.2) is 19.1 Å². The van der Waals surface area contributed by atoms with Crippen molar-refractivity contribution >= 4 is 5.97 Å². The maximum Gasteiger partial charge on any atom is 0.338 e. The highest BCUT2D eigenvalue weighted by atomic mass is 16.5. The molecule has 96 valence electrons. The Kier molecular flexibility index (Phi) is 3.08. The van der Waals surface area contributed by atoms with E-state index in [0.717, 1.165) is 18.9 Å². The zero-order valence-electron chi connectivity index (χ0n) is 10.7. The molecule has 0 amide bonds. The molecule has 1 N–H and O–H groups in total. The van der Waals surface area contributed by atoms with E-state index in [2.05, 4.69) is 11.4 Å². The molecule has 1 aromatic carbocycles. The number of fused-ring (bicyclic) bond motifs is 1. The van der Waals surface area contributed by atoms with Gasteiger partial charge in [0.05, 0.1) is 12.2 Å². The summed E-state index contributed by atoms with van der Waals surface area (Å²) in [4.78, 5) is 11.7. The molecule has 0 aromatic heterocycles. The highest BCUT2D eigenvalue weighted by Crippen LogP contribution is 2.43. The SMILES string of the molecule is CCOC(=O)c1ccc2c(c1)CCNC2C1CC1. The largest absolute Gasteiger partial charge is 0.462 e. The zero-order chi connectivity index (χ0) is 12.5. The molecule has 0 saturated heterocycles. The summed E-state index contributed by atoms with van der Waals surface area (Å²) < 4.78 is 5.05. The van der Waals surface area contributed by atoms with Crippen LogP contribution >= 0.6 is 0 Å². The average molecular weight is 245 g/mol. The van der Waals surface area contributed by atoms with E-state index < -0.39 is 0 Å². The van der Waals surface area contributed by atoms with Crippen molar-refractivity contribution in [3.8, 4) is 0 Å². The Morgan fingerprint density at radius 1 is 1.44 bits per heavy atom. The molecular formula is C15H19NO2. The van der Waals surface area contributed by atoms with Gasteiger partial charge in [-0.05, 0) is 61.9 Å². The summed E-state index contributed by atoms with van der Waals surface area (Å²) in [6.07, 6.45) is 3.67. The highest BCUT2D eigenvalue weighted by Gasteiger charge is 2.34. The molecule has 1 heterocycles. The molecule has 3 heteroatoms. The maximum atomic E-state index is 11.7. The number of carbonyl (C=O) groups is 1. The third-order valence-electron chi connectivity index (χ3n) is 3.84. The normalized spacial score (nSPS) is 22.4. The average Bonchev–Trinajstić information content (AvgIpc) is 3.22. The summed E-state index contributed by atoms with van der Waals surface area (Å²) in [5.41, 5.74) is 3.39. The Bertz CT molecular complexity index is 466. The van der Waals surface area contributed by atoms with Gasteiger partial charge in [-0.2, -0.15) is 0 Å². The summed E-state index contributed by atoms with van der Waals surface area (Å²) in [6, 6.07) is 6.53. The van der Waals surface area contributed by atoms with Crippen LogP contribution in [-0.2, 0) is 11.2 Å². The molecule has 1 fully saturated rings. The zero-order valence-corrected chi connectivity index (χ0v) is 10.7. The van der Waals surface area contributed by atoms with Crippen LogP contribution in [0.3, 0.4) is 0 Å². The number of esters is 1. The summed E-state index contributed by atoms with van der Waals surface area (Å²) >= 11 is 0. The third-order valence-corrected chi connectivity index (χ3v) is 3.84. The van der Waals surface area contributed by atoms with Crippen LogP contribution in [0.25, 0.3) is 0 Å². The molecular weight excluding hydrogens is 226 g/mol. The van der Waals surface area contributed by atoms with Crippen molar-refractivity contribution < 1.29 is 9.53 Å². The summed E-state index contributed by atoms with van der Waals surface area (Å²) in [7, 11) is 0. The standard InChI is InChI=1S/C15H19NO2/c1-2-18-15(17)12-5-6-13-11(9-12)7-8-16-14(13)10-3-4-10/h5-6,9-10,14,16H,2-4,7-8H2,1H3. The fraction of sp³-hybridized carbons (Fsp3) is 0.533. The van der Waals surface area contributed by atoms with E-state index in [-0.39, 0.29) is 5.97 Å². The third kappa shape index (κ3) is 2.15. The fourth-order valence-electron chi connectivity index (χ4n) is 2.79. The van der Waals surface area contributed by atoms with Crippen molar-refractivity contribution in [2.75, 3.05) is 13.2 Å². The second-order valence-corrected chi connectivity index (χ2v) is 5.15. The number of benzene rings is 1. The van der Waals surface area contributed by atoms with E-state index in [9.17, 15) is 4.79 Å². The van der Waals surface area contributed by atoms with Gasteiger partial charge in [0, 0.05) is 6.04 Å². The van der Waals surface area contributed by atoms with Crippen LogP contribution in [0.4, 0.5) is 0 Å². The first-order valence-corrected chi connectivity index (χ1v) is 6.83. The van der Waals surface area contributed by atoms with E-state index in [4.69, 9.17) is 4.74 Å². The van der Waals surface area contributed by atoms with Gasteiger partial charge < -0.3 is 10.1 Å². The molecule has 1 unspecified atom stereocenters. The van der Waals surface area contributed by atoms with Crippen LogP contribution < -0.4 is 5.32 Å². The lowest BCUT2D eigenvalue weighted by Crippen LogP contribution is -2.31. The van der Waals surface area contributed by atoms with Gasteiger partial charge in [0.1, 0.15) is 0 Å². The van der Waals surface area contributed by atoms with Crippen molar-refractivity contribution in [1.82, 2.24) is 5.32 Å². The van der Waals surface area contributed by atoms with Crippen molar-refractivity contribution in [3.05, 3.63) is 34.9 Å².